The zero-order valence-electron chi connectivity index (χ0n) is 18.0. The molecule has 1 aliphatic heterocycles. The van der Waals surface area contributed by atoms with E-state index in [4.69, 9.17) is 23.2 Å². The Bertz CT molecular complexity index is 1600. The van der Waals surface area contributed by atoms with E-state index in [2.05, 4.69) is 0 Å². The lowest BCUT2D eigenvalue weighted by molar-refractivity contribution is -0.649. The normalized spacial score (nSPS) is 15.9. The summed E-state index contributed by atoms with van der Waals surface area (Å²) in [5.74, 6) is -1.42. The molecule has 2 aromatic carbocycles. The van der Waals surface area contributed by atoms with Crippen LogP contribution in [0, 0.1) is 0 Å². The van der Waals surface area contributed by atoms with Gasteiger partial charge in [0, 0.05) is 27.1 Å². The highest BCUT2D eigenvalue weighted by molar-refractivity contribution is 8.03. The van der Waals surface area contributed by atoms with Crippen LogP contribution >= 0.6 is 46.3 Å². The Morgan fingerprint density at radius 3 is 2.46 bits per heavy atom. The summed E-state index contributed by atoms with van der Waals surface area (Å²) in [5, 5.41) is 1.88. The SMILES string of the molecule is CCC(=Cc1sc2ccc(Cl)cc2[n+]1CS([O])(=O)=O)C=C1Sc2ccc(Cl)cc2N1CS(=O)(=O)O. The minimum absolute atomic E-state index is 0.403. The Labute approximate surface area is 221 Å². The maximum atomic E-state index is 11.7. The van der Waals surface area contributed by atoms with Crippen LogP contribution in [0.2, 0.25) is 10.0 Å². The van der Waals surface area contributed by atoms with Gasteiger partial charge in [0.25, 0.3) is 21.0 Å². The van der Waals surface area contributed by atoms with Gasteiger partial charge in [0.15, 0.2) is 5.88 Å². The second-order valence-corrected chi connectivity index (χ2v) is 13.4. The molecule has 4 rings (SSSR count). The molecule has 0 saturated carbocycles. The van der Waals surface area contributed by atoms with E-state index in [0.717, 1.165) is 15.2 Å². The van der Waals surface area contributed by atoms with Crippen LogP contribution in [0.25, 0.3) is 16.3 Å². The van der Waals surface area contributed by atoms with Crippen LogP contribution in [0.3, 0.4) is 0 Å². The zero-order chi connectivity index (χ0) is 25.5. The lowest BCUT2D eigenvalue weighted by atomic mass is 10.2. The summed E-state index contributed by atoms with van der Waals surface area (Å²) in [6.07, 6.45) is 4.02. The molecular formula is C21H18Cl2N2O6S4+. The predicted octanol–water partition coefficient (Wildman–Crippen LogP) is 5.31. The molecule has 2 heterocycles. The Hall–Kier alpha value is -1.64. The Kier molecular flexibility index (Phi) is 7.56. The van der Waals surface area contributed by atoms with Crippen molar-refractivity contribution in [1.29, 1.82) is 0 Å². The highest BCUT2D eigenvalue weighted by Crippen LogP contribution is 2.47. The highest BCUT2D eigenvalue weighted by atomic mass is 35.5. The van der Waals surface area contributed by atoms with E-state index in [9.17, 15) is 25.9 Å². The van der Waals surface area contributed by atoms with Crippen molar-refractivity contribution < 1.29 is 30.5 Å². The van der Waals surface area contributed by atoms with Crippen LogP contribution < -0.4 is 9.47 Å². The van der Waals surface area contributed by atoms with Gasteiger partial charge < -0.3 is 4.90 Å². The number of anilines is 1. The van der Waals surface area contributed by atoms with Crippen molar-refractivity contribution in [3.05, 3.63) is 68.1 Å². The Balaban J connectivity index is 1.83. The largest absolute Gasteiger partial charge is 0.356 e. The first-order valence-corrected chi connectivity index (χ1v) is 15.6. The first-order chi connectivity index (χ1) is 16.3. The molecule has 0 aliphatic carbocycles. The second-order valence-electron chi connectivity index (χ2n) is 7.58. The van der Waals surface area contributed by atoms with E-state index < -0.39 is 32.0 Å². The molecular weight excluding hydrogens is 575 g/mol. The van der Waals surface area contributed by atoms with Gasteiger partial charge in [-0.05, 0) is 48.4 Å². The first kappa shape index (κ1) is 26.4. The van der Waals surface area contributed by atoms with Crippen molar-refractivity contribution in [3.63, 3.8) is 0 Å². The number of halogens is 2. The molecule has 1 radical (unpaired) electrons. The fourth-order valence-electron chi connectivity index (χ4n) is 3.51. The molecule has 3 aromatic rings. The van der Waals surface area contributed by atoms with Crippen LogP contribution in [0.5, 0.6) is 0 Å². The van der Waals surface area contributed by atoms with E-state index in [1.165, 1.54) is 32.6 Å². The highest BCUT2D eigenvalue weighted by Gasteiger charge is 2.30. The fourth-order valence-corrected chi connectivity index (χ4v) is 7.45. The number of aromatic nitrogens is 1. The van der Waals surface area contributed by atoms with Gasteiger partial charge in [0.2, 0.25) is 5.52 Å². The molecule has 8 nitrogen and oxygen atoms in total. The van der Waals surface area contributed by atoms with Crippen molar-refractivity contribution in [3.8, 4) is 0 Å². The van der Waals surface area contributed by atoms with Crippen LogP contribution in [-0.4, -0.2) is 27.3 Å². The van der Waals surface area contributed by atoms with E-state index in [0.29, 0.717) is 37.7 Å². The van der Waals surface area contributed by atoms with E-state index in [-0.39, 0.29) is 0 Å². The van der Waals surface area contributed by atoms with Gasteiger partial charge in [0.1, 0.15) is 4.70 Å². The molecule has 0 saturated heterocycles. The van der Waals surface area contributed by atoms with E-state index in [1.807, 2.05) is 6.92 Å². The first-order valence-electron chi connectivity index (χ1n) is 10.0. The number of fused-ring (bicyclic) bond motifs is 2. The summed E-state index contributed by atoms with van der Waals surface area (Å²) >= 11 is 14.8. The standard InChI is InChI=1S/C21H17Cl2N2O6S4/c1-2-13(7-20-24(11-34(26,27)28)16-9-14(22)3-5-18(16)32-20)8-21-25(12-35(29,30)31)17-10-15(23)4-6-19(17)33-21/h3-10H,2,11-12H2,1H3/p+1. The maximum Gasteiger partial charge on any atom is 0.356 e. The van der Waals surface area contributed by atoms with Crippen molar-refractivity contribution in [2.45, 2.75) is 24.1 Å². The lowest BCUT2D eigenvalue weighted by Crippen LogP contribution is -2.38. The minimum atomic E-state index is -4.60. The third-order valence-corrected chi connectivity index (χ3v) is 8.84. The molecule has 0 atom stereocenters. The quantitative estimate of drug-likeness (QED) is 0.292. The molecule has 0 spiro atoms. The average molecular weight is 594 g/mol. The number of thioether (sulfide) groups is 1. The smallest absolute Gasteiger partial charge is 0.317 e. The Morgan fingerprint density at radius 2 is 1.80 bits per heavy atom. The maximum absolute atomic E-state index is 11.7. The molecule has 0 fully saturated rings. The van der Waals surface area contributed by atoms with Gasteiger partial charge in [-0.1, -0.05) is 57.8 Å². The van der Waals surface area contributed by atoms with Gasteiger partial charge in [-0.3, -0.25) is 4.55 Å². The van der Waals surface area contributed by atoms with Crippen molar-refractivity contribution in [2.75, 3.05) is 10.8 Å². The van der Waals surface area contributed by atoms with E-state index in [1.54, 1.807) is 48.6 Å². The number of nitrogens with zero attached hydrogens (tertiary/aromatic N) is 2. The molecule has 0 amide bonds. The number of hydrogen-bond donors (Lipinski definition) is 1. The predicted molar refractivity (Wildman–Crippen MR) is 139 cm³/mol. The average Bonchev–Trinajstić information content (AvgIpc) is 3.23. The molecule has 1 aromatic heterocycles. The monoisotopic (exact) mass is 592 g/mol. The lowest BCUT2D eigenvalue weighted by Gasteiger charge is -2.19. The number of thiazole rings is 1. The third-order valence-electron chi connectivity index (χ3n) is 4.99. The minimum Gasteiger partial charge on any atom is -0.317 e. The summed E-state index contributed by atoms with van der Waals surface area (Å²) in [5.41, 5.74) is 1.80. The summed E-state index contributed by atoms with van der Waals surface area (Å²) in [6, 6.07) is 10.1. The molecule has 1 aliphatic rings. The third kappa shape index (κ3) is 6.38. The van der Waals surface area contributed by atoms with E-state index >= 15 is 0 Å². The number of rotatable bonds is 7. The molecule has 0 bridgehead atoms. The zero-order valence-corrected chi connectivity index (χ0v) is 22.8. The van der Waals surface area contributed by atoms with Crippen LogP contribution in [0.15, 0.2) is 58.0 Å². The fraction of sp³-hybridized carbons (Fsp3) is 0.190. The van der Waals surface area contributed by atoms with Gasteiger partial charge in [-0.25, -0.2) is 0 Å². The molecule has 0 unspecified atom stereocenters. The number of allylic oxidation sites excluding steroid dienone is 2. The Morgan fingerprint density at radius 1 is 1.11 bits per heavy atom. The number of hydrogen-bond acceptors (Lipinski definition) is 7. The van der Waals surface area contributed by atoms with Gasteiger partial charge in [-0.15, -0.1) is 0 Å². The molecule has 14 heteroatoms. The summed E-state index contributed by atoms with van der Waals surface area (Å²) < 4.78 is 69.9. The van der Waals surface area contributed by atoms with Crippen LogP contribution in [0.4, 0.5) is 5.69 Å². The summed E-state index contributed by atoms with van der Waals surface area (Å²) in [7, 11) is -8.95. The second kappa shape index (κ2) is 10.0. The number of benzene rings is 2. The molecule has 185 valence electrons. The molecule has 1 N–H and O–H groups in total. The summed E-state index contributed by atoms with van der Waals surface area (Å²) in [4.78, 5) is 2.22. The molecule has 35 heavy (non-hydrogen) atoms. The van der Waals surface area contributed by atoms with Crippen molar-refractivity contribution in [2.24, 2.45) is 0 Å². The van der Waals surface area contributed by atoms with Crippen LogP contribution in [-0.2, 0) is 30.7 Å². The van der Waals surface area contributed by atoms with Gasteiger partial charge in [0.05, 0.1) is 10.7 Å². The van der Waals surface area contributed by atoms with Gasteiger partial charge >= 0.3 is 10.1 Å². The van der Waals surface area contributed by atoms with Crippen molar-refractivity contribution in [1.82, 2.24) is 0 Å². The van der Waals surface area contributed by atoms with Crippen LogP contribution in [0.1, 0.15) is 18.4 Å². The topological polar surface area (TPSA) is 116 Å². The summed E-state index contributed by atoms with van der Waals surface area (Å²) in [6.45, 7) is 1.89. The van der Waals surface area contributed by atoms with Crippen molar-refractivity contribution >= 4 is 88.5 Å². The van der Waals surface area contributed by atoms with Gasteiger partial charge in [-0.2, -0.15) is 21.4 Å².